The summed E-state index contributed by atoms with van der Waals surface area (Å²) >= 11 is 0. The van der Waals surface area contributed by atoms with E-state index in [2.05, 4.69) is 0 Å². The number of carboxylic acids is 1. The van der Waals surface area contributed by atoms with E-state index < -0.39 is 5.97 Å². The molecule has 0 aliphatic carbocycles. The van der Waals surface area contributed by atoms with E-state index in [1.165, 1.54) is 16.8 Å². The van der Waals surface area contributed by atoms with E-state index in [1.54, 1.807) is 19.0 Å². The average Bonchev–Trinajstić information content (AvgIpc) is 2.36. The van der Waals surface area contributed by atoms with Gasteiger partial charge < -0.3 is 19.8 Å². The van der Waals surface area contributed by atoms with E-state index in [-0.39, 0.29) is 24.4 Å². The van der Waals surface area contributed by atoms with Gasteiger partial charge in [0.25, 0.3) is 0 Å². The summed E-state index contributed by atoms with van der Waals surface area (Å²) < 4.78 is 0. The third kappa shape index (κ3) is 4.11. The number of carboxylic acid groups (broad SMARTS) is 1. The SMILES string of the molecule is CN(C)C(=O)N1CCCC(C(=O)N(C)CC(=O)O)C1. The fraction of sp³-hybridized carbons (Fsp3) is 0.750. The van der Waals surface area contributed by atoms with Gasteiger partial charge in [0.2, 0.25) is 5.91 Å². The maximum atomic E-state index is 12.1. The Kier molecular flexibility index (Phi) is 5.14. The molecule has 19 heavy (non-hydrogen) atoms. The van der Waals surface area contributed by atoms with Crippen LogP contribution in [0.4, 0.5) is 4.79 Å². The molecule has 1 heterocycles. The number of carbonyl (C=O) groups is 3. The van der Waals surface area contributed by atoms with Crippen molar-refractivity contribution in [3.63, 3.8) is 0 Å². The van der Waals surface area contributed by atoms with Crippen LogP contribution in [0.15, 0.2) is 0 Å². The lowest BCUT2D eigenvalue weighted by atomic mass is 9.97. The summed E-state index contributed by atoms with van der Waals surface area (Å²) in [6, 6.07) is -0.113. The van der Waals surface area contributed by atoms with Crippen LogP contribution in [0.3, 0.4) is 0 Å². The van der Waals surface area contributed by atoms with Crippen LogP contribution < -0.4 is 0 Å². The maximum Gasteiger partial charge on any atom is 0.323 e. The van der Waals surface area contributed by atoms with Crippen molar-refractivity contribution in [2.75, 3.05) is 40.8 Å². The zero-order chi connectivity index (χ0) is 14.6. The van der Waals surface area contributed by atoms with Gasteiger partial charge in [-0.05, 0) is 12.8 Å². The van der Waals surface area contributed by atoms with Gasteiger partial charge in [-0.25, -0.2) is 4.79 Å². The Morgan fingerprint density at radius 1 is 1.26 bits per heavy atom. The molecule has 108 valence electrons. The quantitative estimate of drug-likeness (QED) is 0.778. The number of nitrogens with zero attached hydrogens (tertiary/aromatic N) is 3. The second kappa shape index (κ2) is 6.40. The van der Waals surface area contributed by atoms with Crippen molar-refractivity contribution in [1.82, 2.24) is 14.7 Å². The zero-order valence-electron chi connectivity index (χ0n) is 11.6. The van der Waals surface area contributed by atoms with Gasteiger partial charge in [-0.1, -0.05) is 0 Å². The number of amides is 3. The average molecular weight is 271 g/mol. The van der Waals surface area contributed by atoms with Crippen molar-refractivity contribution >= 4 is 17.9 Å². The second-order valence-electron chi connectivity index (χ2n) is 5.05. The van der Waals surface area contributed by atoms with Gasteiger partial charge in [0.15, 0.2) is 0 Å². The number of hydrogen-bond donors (Lipinski definition) is 1. The van der Waals surface area contributed by atoms with Crippen LogP contribution in [0, 0.1) is 5.92 Å². The molecule has 0 saturated carbocycles. The lowest BCUT2D eigenvalue weighted by Crippen LogP contribution is -2.49. The van der Waals surface area contributed by atoms with Crippen molar-refractivity contribution in [3.8, 4) is 0 Å². The highest BCUT2D eigenvalue weighted by molar-refractivity contribution is 5.84. The van der Waals surface area contributed by atoms with Crippen molar-refractivity contribution in [1.29, 1.82) is 0 Å². The highest BCUT2D eigenvalue weighted by Gasteiger charge is 2.31. The monoisotopic (exact) mass is 271 g/mol. The molecular weight excluding hydrogens is 250 g/mol. The van der Waals surface area contributed by atoms with Crippen molar-refractivity contribution in [2.24, 2.45) is 5.92 Å². The van der Waals surface area contributed by atoms with Gasteiger partial charge in [0, 0.05) is 34.2 Å². The number of piperidine rings is 1. The summed E-state index contributed by atoms with van der Waals surface area (Å²) in [5.74, 6) is -1.55. The summed E-state index contributed by atoms with van der Waals surface area (Å²) in [4.78, 5) is 38.8. The number of likely N-dealkylation sites (N-methyl/N-ethyl adjacent to an activating group) is 1. The van der Waals surface area contributed by atoms with E-state index in [0.717, 1.165) is 6.42 Å². The molecule has 0 spiro atoms. The first kappa shape index (κ1) is 15.3. The molecule has 1 aliphatic rings. The predicted octanol–water partition coefficient (Wildman–Crippen LogP) is -0.0770. The molecule has 1 saturated heterocycles. The third-order valence-corrected chi connectivity index (χ3v) is 3.17. The van der Waals surface area contributed by atoms with Crippen LogP contribution >= 0.6 is 0 Å². The first-order chi connectivity index (χ1) is 8.82. The molecule has 0 aromatic heterocycles. The number of rotatable bonds is 3. The summed E-state index contributed by atoms with van der Waals surface area (Å²) in [5.41, 5.74) is 0. The molecule has 0 radical (unpaired) electrons. The van der Waals surface area contributed by atoms with Crippen LogP contribution in [0.1, 0.15) is 12.8 Å². The highest BCUT2D eigenvalue weighted by atomic mass is 16.4. The smallest absolute Gasteiger partial charge is 0.323 e. The molecular formula is C12H21N3O4. The Balaban J connectivity index is 2.61. The van der Waals surface area contributed by atoms with Gasteiger partial charge in [0.1, 0.15) is 6.54 Å². The molecule has 1 fully saturated rings. The number of hydrogen-bond acceptors (Lipinski definition) is 3. The standard InChI is InChI=1S/C12H21N3O4/c1-13(2)12(19)15-6-4-5-9(7-15)11(18)14(3)8-10(16)17/h9H,4-8H2,1-3H3,(H,16,17). The minimum Gasteiger partial charge on any atom is -0.480 e. The number of carbonyl (C=O) groups excluding carboxylic acids is 2. The minimum absolute atomic E-state index is 0.113. The van der Waals surface area contributed by atoms with Crippen LogP contribution in [0.5, 0.6) is 0 Å². The fourth-order valence-corrected chi connectivity index (χ4v) is 2.23. The summed E-state index contributed by atoms with van der Waals surface area (Å²) in [6.45, 7) is 0.695. The Bertz CT molecular complexity index is 370. The van der Waals surface area contributed by atoms with E-state index in [1.807, 2.05) is 0 Å². The van der Waals surface area contributed by atoms with Gasteiger partial charge in [0.05, 0.1) is 5.92 Å². The van der Waals surface area contributed by atoms with E-state index in [4.69, 9.17) is 5.11 Å². The largest absolute Gasteiger partial charge is 0.480 e. The van der Waals surface area contributed by atoms with Crippen molar-refractivity contribution in [2.45, 2.75) is 12.8 Å². The Hall–Kier alpha value is -1.79. The maximum absolute atomic E-state index is 12.1. The fourth-order valence-electron chi connectivity index (χ4n) is 2.23. The van der Waals surface area contributed by atoms with Crippen LogP contribution in [-0.4, -0.2) is 78.5 Å². The minimum atomic E-state index is -1.03. The van der Waals surface area contributed by atoms with Crippen molar-refractivity contribution < 1.29 is 19.5 Å². The molecule has 7 heteroatoms. The first-order valence-corrected chi connectivity index (χ1v) is 6.26. The van der Waals surface area contributed by atoms with Crippen LogP contribution in [-0.2, 0) is 9.59 Å². The Morgan fingerprint density at radius 2 is 1.89 bits per heavy atom. The van der Waals surface area contributed by atoms with Crippen molar-refractivity contribution in [3.05, 3.63) is 0 Å². The van der Waals surface area contributed by atoms with Crippen LogP contribution in [0.25, 0.3) is 0 Å². The highest BCUT2D eigenvalue weighted by Crippen LogP contribution is 2.19. The normalized spacial score (nSPS) is 18.9. The van der Waals surface area contributed by atoms with E-state index >= 15 is 0 Å². The molecule has 1 N–H and O–H groups in total. The number of urea groups is 1. The molecule has 3 amide bonds. The van der Waals surface area contributed by atoms with Gasteiger partial charge >= 0.3 is 12.0 Å². The van der Waals surface area contributed by atoms with Gasteiger partial charge in [-0.2, -0.15) is 0 Å². The molecule has 1 atom stereocenters. The Morgan fingerprint density at radius 3 is 2.42 bits per heavy atom. The third-order valence-electron chi connectivity index (χ3n) is 3.17. The molecule has 1 rings (SSSR count). The summed E-state index contributed by atoms with van der Waals surface area (Å²) in [6.07, 6.45) is 1.46. The van der Waals surface area contributed by atoms with Gasteiger partial charge in [-0.3, -0.25) is 9.59 Å². The lowest BCUT2D eigenvalue weighted by Gasteiger charge is -2.35. The molecule has 0 aromatic rings. The molecule has 7 nitrogen and oxygen atoms in total. The first-order valence-electron chi connectivity index (χ1n) is 6.26. The topological polar surface area (TPSA) is 81.2 Å². The summed E-state index contributed by atoms with van der Waals surface area (Å²) in [5, 5.41) is 8.68. The lowest BCUT2D eigenvalue weighted by molar-refractivity contribution is -0.145. The number of likely N-dealkylation sites (tertiary alicyclic amines) is 1. The second-order valence-corrected chi connectivity index (χ2v) is 5.05. The van der Waals surface area contributed by atoms with E-state index in [0.29, 0.717) is 19.5 Å². The molecule has 1 aliphatic heterocycles. The summed E-state index contributed by atoms with van der Waals surface area (Å²) in [7, 11) is 4.82. The zero-order valence-corrected chi connectivity index (χ0v) is 11.6. The number of aliphatic carboxylic acids is 1. The molecule has 0 bridgehead atoms. The predicted molar refractivity (Wildman–Crippen MR) is 68.7 cm³/mol. The molecule has 1 unspecified atom stereocenters. The van der Waals surface area contributed by atoms with Crippen LogP contribution in [0.2, 0.25) is 0 Å². The van der Waals surface area contributed by atoms with E-state index in [9.17, 15) is 14.4 Å². The molecule has 0 aromatic carbocycles. The van der Waals surface area contributed by atoms with Gasteiger partial charge in [-0.15, -0.1) is 0 Å². The Labute approximate surface area is 112 Å².